The molecule has 150 valence electrons. The molecule has 2 aromatic rings. The van der Waals surface area contributed by atoms with E-state index in [4.69, 9.17) is 0 Å². The lowest BCUT2D eigenvalue weighted by Crippen LogP contribution is -2.46. The van der Waals surface area contributed by atoms with Gasteiger partial charge in [0.1, 0.15) is 0 Å². The largest absolute Gasteiger partial charge is 0.338 e. The Hall–Kier alpha value is -2.37. The minimum atomic E-state index is 0. The molecule has 0 atom stereocenters. The number of rotatable bonds is 6. The number of halogens is 1. The van der Waals surface area contributed by atoms with E-state index in [-0.39, 0.29) is 24.2 Å². The zero-order valence-corrected chi connectivity index (χ0v) is 17.1. The van der Waals surface area contributed by atoms with E-state index < -0.39 is 0 Å². The Kier molecular flexibility index (Phi) is 8.48. The Morgan fingerprint density at radius 1 is 0.964 bits per heavy atom. The van der Waals surface area contributed by atoms with E-state index in [0.717, 1.165) is 49.3 Å². The summed E-state index contributed by atoms with van der Waals surface area (Å²) in [7, 11) is 0. The molecule has 5 nitrogen and oxygen atoms in total. The Balaban J connectivity index is 0.00000280. The second-order valence-corrected chi connectivity index (χ2v) is 6.92. The van der Waals surface area contributed by atoms with Gasteiger partial charge in [-0.25, -0.2) is 0 Å². The van der Waals surface area contributed by atoms with E-state index >= 15 is 0 Å². The molecule has 3 rings (SSSR count). The maximum absolute atomic E-state index is 12.5. The number of amides is 2. The fourth-order valence-corrected chi connectivity index (χ4v) is 3.28. The van der Waals surface area contributed by atoms with Crippen LogP contribution in [0.15, 0.2) is 54.6 Å². The molecule has 2 amide bonds. The molecule has 0 spiro atoms. The first-order valence-corrected chi connectivity index (χ1v) is 9.52. The van der Waals surface area contributed by atoms with E-state index in [1.807, 2.05) is 64.4 Å². The van der Waals surface area contributed by atoms with Gasteiger partial charge in [0.15, 0.2) is 0 Å². The number of nitrogens with zero attached hydrogens (tertiary/aromatic N) is 2. The van der Waals surface area contributed by atoms with Gasteiger partial charge >= 0.3 is 0 Å². The maximum atomic E-state index is 12.5. The summed E-state index contributed by atoms with van der Waals surface area (Å²) < 4.78 is 0. The smallest absolute Gasteiger partial charge is 0.253 e. The van der Waals surface area contributed by atoms with Crippen LogP contribution in [0.2, 0.25) is 0 Å². The van der Waals surface area contributed by atoms with Gasteiger partial charge in [0.05, 0.1) is 0 Å². The quantitative estimate of drug-likeness (QED) is 0.809. The second kappa shape index (κ2) is 10.8. The summed E-state index contributed by atoms with van der Waals surface area (Å²) >= 11 is 0. The van der Waals surface area contributed by atoms with Crippen molar-refractivity contribution in [1.29, 1.82) is 0 Å². The molecule has 0 aliphatic carbocycles. The average Bonchev–Trinajstić information content (AvgIpc) is 2.72. The zero-order chi connectivity index (χ0) is 19.1. The predicted molar refractivity (Wildman–Crippen MR) is 114 cm³/mol. The standard InChI is InChI=1S/C22H27N3O2.ClH/c1-18(26)25(17-20-5-3-2-4-6-20)14-11-19-7-9-21(10-8-19)22(27)24-15-12-23-13-16-24;/h2-10,23H,11-17H2,1H3;1H. The van der Waals surface area contributed by atoms with Crippen LogP contribution in [0.25, 0.3) is 0 Å². The number of hydrogen-bond acceptors (Lipinski definition) is 3. The van der Waals surface area contributed by atoms with Crippen LogP contribution in [0, 0.1) is 0 Å². The topological polar surface area (TPSA) is 52.7 Å². The zero-order valence-electron chi connectivity index (χ0n) is 16.3. The highest BCUT2D eigenvalue weighted by Gasteiger charge is 2.17. The lowest BCUT2D eigenvalue weighted by molar-refractivity contribution is -0.129. The van der Waals surface area contributed by atoms with Gasteiger partial charge in [-0.2, -0.15) is 0 Å². The second-order valence-electron chi connectivity index (χ2n) is 6.92. The summed E-state index contributed by atoms with van der Waals surface area (Å²) in [5, 5.41) is 3.26. The molecule has 0 radical (unpaired) electrons. The van der Waals surface area contributed by atoms with Crippen molar-refractivity contribution in [2.75, 3.05) is 32.7 Å². The van der Waals surface area contributed by atoms with Crippen LogP contribution < -0.4 is 5.32 Å². The van der Waals surface area contributed by atoms with Crippen molar-refractivity contribution in [3.05, 3.63) is 71.3 Å². The first kappa shape index (κ1) is 21.9. The van der Waals surface area contributed by atoms with E-state index in [0.29, 0.717) is 13.1 Å². The van der Waals surface area contributed by atoms with Gasteiger partial charge in [0.2, 0.25) is 5.91 Å². The van der Waals surface area contributed by atoms with Crippen molar-refractivity contribution >= 4 is 24.2 Å². The van der Waals surface area contributed by atoms with Gasteiger partial charge in [-0.1, -0.05) is 42.5 Å². The van der Waals surface area contributed by atoms with Gasteiger partial charge in [0, 0.05) is 51.8 Å². The van der Waals surface area contributed by atoms with Crippen LogP contribution in [0.3, 0.4) is 0 Å². The van der Waals surface area contributed by atoms with Gasteiger partial charge in [-0.05, 0) is 29.7 Å². The molecule has 0 unspecified atom stereocenters. The van der Waals surface area contributed by atoms with Gasteiger partial charge in [-0.15, -0.1) is 12.4 Å². The van der Waals surface area contributed by atoms with Gasteiger partial charge in [-0.3, -0.25) is 9.59 Å². The molecule has 1 heterocycles. The van der Waals surface area contributed by atoms with Crippen molar-refractivity contribution in [3.63, 3.8) is 0 Å². The van der Waals surface area contributed by atoms with Crippen LogP contribution in [0.4, 0.5) is 0 Å². The Morgan fingerprint density at radius 3 is 2.21 bits per heavy atom. The summed E-state index contributed by atoms with van der Waals surface area (Å²) in [6, 6.07) is 17.8. The third-order valence-corrected chi connectivity index (χ3v) is 4.94. The van der Waals surface area contributed by atoms with E-state index in [1.165, 1.54) is 0 Å². The third-order valence-electron chi connectivity index (χ3n) is 4.94. The normalized spacial score (nSPS) is 13.5. The van der Waals surface area contributed by atoms with Crippen LogP contribution >= 0.6 is 12.4 Å². The summed E-state index contributed by atoms with van der Waals surface area (Å²) in [6.07, 6.45) is 0.772. The Morgan fingerprint density at radius 2 is 1.61 bits per heavy atom. The van der Waals surface area contributed by atoms with E-state index in [1.54, 1.807) is 6.92 Å². The van der Waals surface area contributed by atoms with Crippen molar-refractivity contribution < 1.29 is 9.59 Å². The fraction of sp³-hybridized carbons (Fsp3) is 0.364. The summed E-state index contributed by atoms with van der Waals surface area (Å²) in [4.78, 5) is 28.2. The summed E-state index contributed by atoms with van der Waals surface area (Å²) in [5.74, 6) is 0.168. The van der Waals surface area contributed by atoms with E-state index in [2.05, 4.69) is 5.32 Å². The fourth-order valence-electron chi connectivity index (χ4n) is 3.28. The van der Waals surface area contributed by atoms with Crippen molar-refractivity contribution in [2.45, 2.75) is 19.9 Å². The van der Waals surface area contributed by atoms with Crippen LogP contribution in [-0.2, 0) is 17.8 Å². The predicted octanol–water partition coefficient (Wildman–Crippen LogP) is 2.75. The van der Waals surface area contributed by atoms with Crippen molar-refractivity contribution in [1.82, 2.24) is 15.1 Å². The molecule has 1 N–H and O–H groups in total. The number of carbonyl (C=O) groups is 2. The van der Waals surface area contributed by atoms with Crippen LogP contribution in [0.5, 0.6) is 0 Å². The van der Waals surface area contributed by atoms with Gasteiger partial charge in [0.25, 0.3) is 5.91 Å². The minimum absolute atomic E-state index is 0. The third kappa shape index (κ3) is 6.08. The molecule has 0 saturated carbocycles. The summed E-state index contributed by atoms with van der Waals surface area (Å²) in [5.41, 5.74) is 2.99. The highest BCUT2D eigenvalue weighted by molar-refractivity contribution is 5.94. The molecule has 1 saturated heterocycles. The van der Waals surface area contributed by atoms with Gasteiger partial charge < -0.3 is 15.1 Å². The average molecular weight is 402 g/mol. The van der Waals surface area contributed by atoms with Crippen molar-refractivity contribution in [3.8, 4) is 0 Å². The Labute approximate surface area is 173 Å². The molecule has 0 bridgehead atoms. The SMILES string of the molecule is CC(=O)N(CCc1ccc(C(=O)N2CCNCC2)cc1)Cc1ccccc1.Cl. The molecular weight excluding hydrogens is 374 g/mol. The lowest BCUT2D eigenvalue weighted by Gasteiger charge is -2.27. The van der Waals surface area contributed by atoms with E-state index in [9.17, 15) is 9.59 Å². The number of nitrogens with one attached hydrogen (secondary N) is 1. The van der Waals surface area contributed by atoms with Crippen LogP contribution in [-0.4, -0.2) is 54.3 Å². The Bertz CT molecular complexity index is 759. The highest BCUT2D eigenvalue weighted by Crippen LogP contribution is 2.11. The molecular formula is C22H28ClN3O2. The summed E-state index contributed by atoms with van der Waals surface area (Å²) in [6.45, 7) is 6.11. The minimum Gasteiger partial charge on any atom is -0.338 e. The highest BCUT2D eigenvalue weighted by atomic mass is 35.5. The molecule has 28 heavy (non-hydrogen) atoms. The number of carbonyl (C=O) groups excluding carboxylic acids is 2. The molecule has 2 aromatic carbocycles. The van der Waals surface area contributed by atoms with Crippen molar-refractivity contribution in [2.24, 2.45) is 0 Å². The first-order valence-electron chi connectivity index (χ1n) is 9.52. The number of benzene rings is 2. The number of hydrogen-bond donors (Lipinski definition) is 1. The lowest BCUT2D eigenvalue weighted by atomic mass is 10.1. The number of piperazine rings is 1. The monoisotopic (exact) mass is 401 g/mol. The molecule has 6 heteroatoms. The first-order chi connectivity index (χ1) is 13.1. The molecule has 1 aliphatic rings. The molecule has 1 aliphatic heterocycles. The maximum Gasteiger partial charge on any atom is 0.253 e. The molecule has 1 fully saturated rings. The molecule has 0 aromatic heterocycles. The van der Waals surface area contributed by atoms with Crippen LogP contribution in [0.1, 0.15) is 28.4 Å².